The highest BCUT2D eigenvalue weighted by Crippen LogP contribution is 2.21. The van der Waals surface area contributed by atoms with Crippen LogP contribution < -0.4 is 10.9 Å². The van der Waals surface area contributed by atoms with Crippen molar-refractivity contribution in [1.82, 2.24) is 13.9 Å². The Morgan fingerprint density at radius 1 is 1.14 bits per heavy atom. The first kappa shape index (κ1) is 27.3. The summed E-state index contributed by atoms with van der Waals surface area (Å²) in [6.07, 6.45) is 0.646. The zero-order chi connectivity index (χ0) is 26.3. The number of benzene rings is 2. The van der Waals surface area contributed by atoms with Crippen molar-refractivity contribution in [1.29, 1.82) is 0 Å². The van der Waals surface area contributed by atoms with Crippen molar-refractivity contribution < 1.29 is 22.7 Å². The summed E-state index contributed by atoms with van der Waals surface area (Å²) < 4.78 is 39.2. The number of rotatable bonds is 11. The maximum absolute atomic E-state index is 13.1. The number of thioether (sulfide) groups is 1. The molecule has 198 valence electrons. The molecule has 2 aromatic carbocycles. The van der Waals surface area contributed by atoms with Crippen LogP contribution in [0.4, 0.5) is 5.69 Å². The molecule has 37 heavy (non-hydrogen) atoms. The Morgan fingerprint density at radius 3 is 2.59 bits per heavy atom. The third-order valence-corrected chi connectivity index (χ3v) is 8.67. The smallest absolute Gasteiger partial charge is 0.262 e. The predicted octanol–water partition coefficient (Wildman–Crippen LogP) is 2.57. The summed E-state index contributed by atoms with van der Waals surface area (Å²) in [5.41, 5.74) is 0.905. The number of anilines is 1. The lowest BCUT2D eigenvalue weighted by molar-refractivity contribution is -0.113. The molecule has 1 saturated heterocycles. The number of morpholine rings is 1. The lowest BCUT2D eigenvalue weighted by Gasteiger charge is -2.26. The van der Waals surface area contributed by atoms with Gasteiger partial charge in [-0.1, -0.05) is 23.9 Å². The molecule has 1 aliphatic heterocycles. The van der Waals surface area contributed by atoms with Crippen molar-refractivity contribution in [3.8, 4) is 0 Å². The van der Waals surface area contributed by atoms with Crippen LogP contribution in [-0.4, -0.2) is 73.5 Å². The molecule has 0 unspecified atom stereocenters. The van der Waals surface area contributed by atoms with Gasteiger partial charge in [0.05, 0.1) is 34.8 Å². The van der Waals surface area contributed by atoms with Crippen molar-refractivity contribution in [3.05, 3.63) is 58.9 Å². The Labute approximate surface area is 220 Å². The number of hydrogen-bond acceptors (Lipinski definition) is 8. The number of hydrogen-bond donors (Lipinski definition) is 1. The molecule has 4 rings (SSSR count). The number of sulfonamides is 1. The molecule has 10 nitrogen and oxygen atoms in total. The predicted molar refractivity (Wildman–Crippen MR) is 142 cm³/mol. The van der Waals surface area contributed by atoms with E-state index in [0.29, 0.717) is 74.2 Å². The molecule has 1 N–H and O–H groups in total. The number of amides is 1. The number of fused-ring (bicyclic) bond motifs is 1. The van der Waals surface area contributed by atoms with Crippen LogP contribution in [0.15, 0.2) is 63.4 Å². The van der Waals surface area contributed by atoms with Gasteiger partial charge in [0.15, 0.2) is 5.16 Å². The third kappa shape index (κ3) is 6.76. The van der Waals surface area contributed by atoms with Crippen LogP contribution in [0.25, 0.3) is 10.9 Å². The topological polar surface area (TPSA) is 120 Å². The molecule has 2 heterocycles. The average molecular weight is 547 g/mol. The van der Waals surface area contributed by atoms with Gasteiger partial charge in [-0.3, -0.25) is 14.2 Å². The molecular weight excluding hydrogens is 516 g/mol. The molecule has 0 bridgehead atoms. The summed E-state index contributed by atoms with van der Waals surface area (Å²) in [5, 5.41) is 3.77. The first-order valence-electron chi connectivity index (χ1n) is 12.1. The fourth-order valence-corrected chi connectivity index (χ4v) is 6.13. The highest BCUT2D eigenvalue weighted by molar-refractivity contribution is 7.99. The van der Waals surface area contributed by atoms with Crippen LogP contribution in [0.2, 0.25) is 0 Å². The molecule has 3 aromatic rings. The highest BCUT2D eigenvalue weighted by atomic mass is 32.2. The Balaban J connectivity index is 1.42. The van der Waals surface area contributed by atoms with Gasteiger partial charge in [0, 0.05) is 38.5 Å². The Morgan fingerprint density at radius 2 is 1.86 bits per heavy atom. The van der Waals surface area contributed by atoms with Gasteiger partial charge in [-0.2, -0.15) is 4.31 Å². The van der Waals surface area contributed by atoms with Crippen LogP contribution in [0.5, 0.6) is 0 Å². The van der Waals surface area contributed by atoms with E-state index in [1.807, 2.05) is 13.0 Å². The number of ether oxygens (including phenoxy) is 2. The summed E-state index contributed by atoms with van der Waals surface area (Å²) in [5.74, 6) is -0.263. The maximum Gasteiger partial charge on any atom is 0.262 e. The van der Waals surface area contributed by atoms with E-state index in [2.05, 4.69) is 10.3 Å². The van der Waals surface area contributed by atoms with E-state index in [0.717, 1.165) is 0 Å². The summed E-state index contributed by atoms with van der Waals surface area (Å²) in [6, 6.07) is 13.2. The highest BCUT2D eigenvalue weighted by Gasteiger charge is 2.26. The molecule has 1 aromatic heterocycles. The van der Waals surface area contributed by atoms with E-state index in [4.69, 9.17) is 9.47 Å². The van der Waals surface area contributed by atoms with E-state index in [-0.39, 0.29) is 22.1 Å². The van der Waals surface area contributed by atoms with Gasteiger partial charge in [-0.05, 0) is 49.7 Å². The second kappa shape index (κ2) is 12.7. The third-order valence-electron chi connectivity index (χ3n) is 5.78. The number of nitrogens with one attached hydrogen (secondary N) is 1. The molecular formula is C25H30N4O6S2. The van der Waals surface area contributed by atoms with Crippen molar-refractivity contribution >= 4 is 44.3 Å². The van der Waals surface area contributed by atoms with Gasteiger partial charge in [-0.15, -0.1) is 0 Å². The van der Waals surface area contributed by atoms with Gasteiger partial charge in [0.25, 0.3) is 5.56 Å². The molecule has 0 atom stereocenters. The van der Waals surface area contributed by atoms with E-state index in [9.17, 15) is 18.0 Å². The van der Waals surface area contributed by atoms with Gasteiger partial charge < -0.3 is 14.8 Å². The minimum Gasteiger partial charge on any atom is -0.382 e. The van der Waals surface area contributed by atoms with Gasteiger partial charge >= 0.3 is 0 Å². The maximum atomic E-state index is 13.1. The van der Waals surface area contributed by atoms with Crippen molar-refractivity contribution in [2.75, 3.05) is 50.6 Å². The quantitative estimate of drug-likeness (QED) is 0.221. The molecule has 0 saturated carbocycles. The van der Waals surface area contributed by atoms with Gasteiger partial charge in [0.2, 0.25) is 15.9 Å². The van der Waals surface area contributed by atoms with Crippen molar-refractivity contribution in [2.45, 2.75) is 29.9 Å². The van der Waals surface area contributed by atoms with Crippen molar-refractivity contribution in [2.24, 2.45) is 0 Å². The molecule has 0 spiro atoms. The Hall–Kier alpha value is -2.77. The number of aromatic nitrogens is 2. The standard InChI is InChI=1S/C25H30N4O6S2/c1-2-34-15-5-12-29-24(31)21-6-3-4-7-22(21)27-25(29)36-18-23(30)26-19-8-10-20(11-9-19)37(32,33)28-13-16-35-17-14-28/h3-4,6-11H,2,5,12-18H2,1H3,(H,26,30). The van der Waals surface area contributed by atoms with E-state index in [1.54, 1.807) is 34.9 Å². The molecule has 1 amide bonds. The second-order valence-electron chi connectivity index (χ2n) is 8.30. The molecule has 0 radical (unpaired) electrons. The summed E-state index contributed by atoms with van der Waals surface area (Å²) in [6.45, 7) is 4.86. The van der Waals surface area contributed by atoms with Gasteiger partial charge in [-0.25, -0.2) is 13.4 Å². The number of para-hydroxylation sites is 1. The first-order valence-corrected chi connectivity index (χ1v) is 14.5. The van der Waals surface area contributed by atoms with E-state index < -0.39 is 10.0 Å². The van der Waals surface area contributed by atoms with Crippen LogP contribution in [0.3, 0.4) is 0 Å². The minimum absolute atomic E-state index is 0.0318. The van der Waals surface area contributed by atoms with Crippen LogP contribution in [-0.2, 0) is 30.8 Å². The summed E-state index contributed by atoms with van der Waals surface area (Å²) in [4.78, 5) is 30.5. The SMILES string of the molecule is CCOCCCn1c(SCC(=O)Nc2ccc(S(=O)(=O)N3CCOCC3)cc2)nc2ccccc2c1=O. The average Bonchev–Trinajstić information content (AvgIpc) is 2.92. The summed E-state index contributed by atoms with van der Waals surface area (Å²) >= 11 is 1.18. The van der Waals surface area contributed by atoms with E-state index >= 15 is 0 Å². The normalized spacial score (nSPS) is 14.6. The molecule has 0 aliphatic carbocycles. The van der Waals surface area contributed by atoms with Crippen LogP contribution in [0, 0.1) is 0 Å². The lowest BCUT2D eigenvalue weighted by atomic mass is 10.2. The van der Waals surface area contributed by atoms with Crippen molar-refractivity contribution in [3.63, 3.8) is 0 Å². The van der Waals surface area contributed by atoms with Gasteiger partial charge in [0.1, 0.15) is 0 Å². The molecule has 1 aliphatic rings. The van der Waals surface area contributed by atoms with Crippen LogP contribution >= 0.6 is 11.8 Å². The first-order chi connectivity index (χ1) is 17.9. The fraction of sp³-hybridized carbons (Fsp3) is 0.400. The monoisotopic (exact) mass is 546 g/mol. The number of carbonyl (C=O) groups is 1. The Kier molecular flexibility index (Phi) is 9.33. The lowest BCUT2D eigenvalue weighted by Crippen LogP contribution is -2.40. The zero-order valence-corrected chi connectivity index (χ0v) is 22.2. The van der Waals surface area contributed by atoms with Crippen LogP contribution in [0.1, 0.15) is 13.3 Å². The number of nitrogens with zero attached hydrogens (tertiary/aromatic N) is 3. The van der Waals surface area contributed by atoms with E-state index in [1.165, 1.54) is 28.2 Å². The fourth-order valence-electron chi connectivity index (χ4n) is 3.90. The zero-order valence-electron chi connectivity index (χ0n) is 20.6. The number of carbonyl (C=O) groups excluding carboxylic acids is 1. The Bertz CT molecular complexity index is 1390. The molecule has 12 heteroatoms. The minimum atomic E-state index is -3.60. The molecule has 1 fully saturated rings. The summed E-state index contributed by atoms with van der Waals surface area (Å²) in [7, 11) is -3.60. The second-order valence-corrected chi connectivity index (χ2v) is 11.2. The largest absolute Gasteiger partial charge is 0.382 e.